The minimum Gasteiger partial charge on any atom is -0.481 e. The number of carbonyl (C=O) groups is 1. The monoisotopic (exact) mass is 288 g/mol. The lowest BCUT2D eigenvalue weighted by Crippen LogP contribution is -2.29. The summed E-state index contributed by atoms with van der Waals surface area (Å²) in [4.78, 5) is 18.6. The minimum atomic E-state index is 0.0303. The van der Waals surface area contributed by atoms with E-state index in [0.29, 0.717) is 11.8 Å². The third-order valence-electron chi connectivity index (χ3n) is 4.34. The SMILES string of the molecule is COc1ccc(N(C)C(=O)C2C(C=C(C)C)C2(C)C)cn1. The van der Waals surface area contributed by atoms with Gasteiger partial charge < -0.3 is 9.64 Å². The maximum atomic E-state index is 12.7. The van der Waals surface area contributed by atoms with Crippen LogP contribution in [0.5, 0.6) is 5.88 Å². The number of pyridine rings is 1. The highest BCUT2D eigenvalue weighted by Gasteiger charge is 2.61. The van der Waals surface area contributed by atoms with Crippen LogP contribution in [0.2, 0.25) is 0 Å². The number of amides is 1. The van der Waals surface area contributed by atoms with Crippen molar-refractivity contribution in [3.8, 4) is 5.88 Å². The molecule has 0 bridgehead atoms. The van der Waals surface area contributed by atoms with E-state index in [4.69, 9.17) is 4.74 Å². The van der Waals surface area contributed by atoms with E-state index in [9.17, 15) is 4.79 Å². The highest BCUT2D eigenvalue weighted by atomic mass is 16.5. The van der Waals surface area contributed by atoms with Crippen LogP contribution in [-0.4, -0.2) is 25.0 Å². The van der Waals surface area contributed by atoms with Crippen LogP contribution in [0.15, 0.2) is 30.0 Å². The molecule has 0 saturated heterocycles. The molecule has 1 aliphatic carbocycles. The molecule has 1 amide bonds. The van der Waals surface area contributed by atoms with Crippen LogP contribution in [0.3, 0.4) is 0 Å². The Kier molecular flexibility index (Phi) is 4.08. The molecule has 2 atom stereocenters. The van der Waals surface area contributed by atoms with E-state index in [1.807, 2.05) is 6.07 Å². The molecule has 4 nitrogen and oxygen atoms in total. The Morgan fingerprint density at radius 1 is 1.38 bits per heavy atom. The zero-order chi connectivity index (χ0) is 15.8. The van der Waals surface area contributed by atoms with Crippen LogP contribution in [0.4, 0.5) is 5.69 Å². The van der Waals surface area contributed by atoms with E-state index >= 15 is 0 Å². The minimum absolute atomic E-state index is 0.0303. The molecule has 1 heterocycles. The molecule has 1 fully saturated rings. The van der Waals surface area contributed by atoms with Crippen LogP contribution < -0.4 is 9.64 Å². The number of allylic oxidation sites excluding steroid dienone is 2. The van der Waals surface area contributed by atoms with Crippen molar-refractivity contribution in [2.45, 2.75) is 27.7 Å². The molecule has 114 valence electrons. The van der Waals surface area contributed by atoms with Gasteiger partial charge in [0.1, 0.15) is 0 Å². The fraction of sp³-hybridized carbons (Fsp3) is 0.529. The Hall–Kier alpha value is -1.84. The van der Waals surface area contributed by atoms with Crippen molar-refractivity contribution in [2.24, 2.45) is 17.3 Å². The van der Waals surface area contributed by atoms with E-state index in [-0.39, 0.29) is 17.2 Å². The molecule has 0 aromatic carbocycles. The topological polar surface area (TPSA) is 42.4 Å². The second-order valence-corrected chi connectivity index (χ2v) is 6.52. The van der Waals surface area contributed by atoms with Crippen molar-refractivity contribution in [2.75, 3.05) is 19.1 Å². The maximum Gasteiger partial charge on any atom is 0.231 e. The van der Waals surface area contributed by atoms with E-state index in [2.05, 4.69) is 38.8 Å². The first kappa shape index (κ1) is 15.5. The number of aromatic nitrogens is 1. The summed E-state index contributed by atoms with van der Waals surface area (Å²) in [5.74, 6) is 1.06. The van der Waals surface area contributed by atoms with Gasteiger partial charge in [-0.3, -0.25) is 4.79 Å². The fourth-order valence-corrected chi connectivity index (χ4v) is 2.85. The van der Waals surface area contributed by atoms with Crippen molar-refractivity contribution < 1.29 is 9.53 Å². The number of nitrogens with zero attached hydrogens (tertiary/aromatic N) is 2. The summed E-state index contributed by atoms with van der Waals surface area (Å²) < 4.78 is 5.04. The first-order valence-corrected chi connectivity index (χ1v) is 7.21. The summed E-state index contributed by atoms with van der Waals surface area (Å²) in [5, 5.41) is 0. The molecule has 0 radical (unpaired) electrons. The molecular formula is C17H24N2O2. The van der Waals surface area contributed by atoms with Gasteiger partial charge in [-0.25, -0.2) is 4.98 Å². The van der Waals surface area contributed by atoms with E-state index in [1.54, 1.807) is 31.3 Å². The van der Waals surface area contributed by atoms with E-state index in [1.165, 1.54) is 5.57 Å². The summed E-state index contributed by atoms with van der Waals surface area (Å²) in [5.41, 5.74) is 2.08. The first-order valence-electron chi connectivity index (χ1n) is 7.21. The molecule has 0 aliphatic heterocycles. The van der Waals surface area contributed by atoms with Crippen molar-refractivity contribution in [1.29, 1.82) is 0 Å². The second kappa shape index (κ2) is 5.51. The third kappa shape index (κ3) is 2.94. The van der Waals surface area contributed by atoms with Crippen LogP contribution in [0.25, 0.3) is 0 Å². The van der Waals surface area contributed by atoms with Crippen LogP contribution in [-0.2, 0) is 4.79 Å². The maximum absolute atomic E-state index is 12.7. The Labute approximate surface area is 126 Å². The molecule has 2 unspecified atom stereocenters. The molecule has 0 N–H and O–H groups in total. The Morgan fingerprint density at radius 3 is 2.52 bits per heavy atom. The van der Waals surface area contributed by atoms with Crippen molar-refractivity contribution in [3.63, 3.8) is 0 Å². The van der Waals surface area contributed by atoms with Gasteiger partial charge in [-0.2, -0.15) is 0 Å². The number of carbonyl (C=O) groups excluding carboxylic acids is 1. The van der Waals surface area contributed by atoms with Crippen molar-refractivity contribution in [1.82, 2.24) is 4.98 Å². The zero-order valence-electron chi connectivity index (χ0n) is 13.7. The average Bonchev–Trinajstić information content (AvgIpc) is 2.97. The van der Waals surface area contributed by atoms with Crippen LogP contribution >= 0.6 is 0 Å². The Bertz CT molecular complexity index is 557. The fourth-order valence-electron chi connectivity index (χ4n) is 2.85. The third-order valence-corrected chi connectivity index (χ3v) is 4.34. The zero-order valence-corrected chi connectivity index (χ0v) is 13.7. The van der Waals surface area contributed by atoms with Gasteiger partial charge in [-0.05, 0) is 31.2 Å². The highest BCUT2D eigenvalue weighted by Crippen LogP contribution is 2.60. The van der Waals surface area contributed by atoms with Crippen LogP contribution in [0, 0.1) is 17.3 Å². The largest absolute Gasteiger partial charge is 0.481 e. The molecule has 0 spiro atoms. The summed E-state index contributed by atoms with van der Waals surface area (Å²) in [7, 11) is 3.38. The van der Waals surface area contributed by atoms with Gasteiger partial charge in [0.25, 0.3) is 0 Å². The molecule has 2 rings (SSSR count). The predicted molar refractivity (Wildman–Crippen MR) is 84.4 cm³/mol. The number of rotatable bonds is 4. The lowest BCUT2D eigenvalue weighted by Gasteiger charge is -2.18. The number of ether oxygens (including phenoxy) is 1. The molecule has 1 saturated carbocycles. The van der Waals surface area contributed by atoms with Gasteiger partial charge in [0.05, 0.1) is 24.9 Å². The predicted octanol–water partition coefficient (Wildman–Crippen LogP) is 3.29. The standard InChI is InChI=1S/C17H24N2O2/c1-11(2)9-13-15(17(13,3)4)16(20)19(5)12-7-8-14(21-6)18-10-12/h7-10,13,15H,1-6H3. The molecule has 1 aliphatic rings. The first-order chi connectivity index (χ1) is 9.78. The molecule has 1 aromatic heterocycles. The molecular weight excluding hydrogens is 264 g/mol. The van der Waals surface area contributed by atoms with Gasteiger partial charge in [-0.15, -0.1) is 0 Å². The number of anilines is 1. The normalized spacial score (nSPS) is 22.4. The Morgan fingerprint density at radius 2 is 2.05 bits per heavy atom. The average molecular weight is 288 g/mol. The summed E-state index contributed by atoms with van der Waals surface area (Å²) >= 11 is 0. The van der Waals surface area contributed by atoms with Crippen molar-refractivity contribution >= 4 is 11.6 Å². The van der Waals surface area contributed by atoms with E-state index in [0.717, 1.165) is 5.69 Å². The second-order valence-electron chi connectivity index (χ2n) is 6.52. The number of methoxy groups -OCH3 is 1. The van der Waals surface area contributed by atoms with E-state index < -0.39 is 0 Å². The van der Waals surface area contributed by atoms with Gasteiger partial charge >= 0.3 is 0 Å². The molecule has 4 heteroatoms. The highest BCUT2D eigenvalue weighted by molar-refractivity contribution is 5.97. The quantitative estimate of drug-likeness (QED) is 0.798. The lowest BCUT2D eigenvalue weighted by atomic mass is 10.1. The van der Waals surface area contributed by atoms with Crippen molar-refractivity contribution in [3.05, 3.63) is 30.0 Å². The summed E-state index contributed by atoms with van der Waals surface area (Å²) in [6, 6.07) is 3.62. The van der Waals surface area contributed by atoms with Gasteiger partial charge in [0.15, 0.2) is 0 Å². The van der Waals surface area contributed by atoms with Crippen LogP contribution in [0.1, 0.15) is 27.7 Å². The number of hydrogen-bond donors (Lipinski definition) is 0. The smallest absolute Gasteiger partial charge is 0.231 e. The molecule has 1 aromatic rings. The van der Waals surface area contributed by atoms with Gasteiger partial charge in [0.2, 0.25) is 11.8 Å². The Balaban J connectivity index is 2.14. The van der Waals surface area contributed by atoms with Gasteiger partial charge in [-0.1, -0.05) is 25.5 Å². The van der Waals surface area contributed by atoms with Gasteiger partial charge in [0, 0.05) is 13.1 Å². The summed E-state index contributed by atoms with van der Waals surface area (Å²) in [6.45, 7) is 8.46. The summed E-state index contributed by atoms with van der Waals surface area (Å²) in [6.07, 6.45) is 3.88. The number of hydrogen-bond acceptors (Lipinski definition) is 3. The lowest BCUT2D eigenvalue weighted by molar-refractivity contribution is -0.120. The molecule has 21 heavy (non-hydrogen) atoms.